The molecule has 0 bridgehead atoms. The van der Waals surface area contributed by atoms with E-state index in [1.807, 2.05) is 72.8 Å². The molecule has 2 nitrogen and oxygen atoms in total. The van der Waals surface area contributed by atoms with Gasteiger partial charge in [0.05, 0.1) is 11.6 Å². The molecule has 0 N–H and O–H groups in total. The summed E-state index contributed by atoms with van der Waals surface area (Å²) < 4.78 is 5.69. The summed E-state index contributed by atoms with van der Waals surface area (Å²) >= 11 is 0. The average Bonchev–Trinajstić information content (AvgIpc) is 2.65. The highest BCUT2D eigenvalue weighted by molar-refractivity contribution is 6.00. The number of rotatable bonds is 4. The van der Waals surface area contributed by atoms with Gasteiger partial charge in [0.25, 0.3) is 0 Å². The minimum absolute atomic E-state index is 0.187. The number of terminal acetylenes is 1. The van der Waals surface area contributed by atoms with Crippen LogP contribution in [0.1, 0.15) is 11.1 Å². The van der Waals surface area contributed by atoms with Gasteiger partial charge in [0, 0.05) is 5.56 Å². The van der Waals surface area contributed by atoms with Crippen LogP contribution >= 0.6 is 0 Å². The Morgan fingerprint density at radius 2 is 1.75 bits per heavy atom. The molecule has 0 aromatic heterocycles. The summed E-state index contributed by atoms with van der Waals surface area (Å²) in [5, 5.41) is 11.7. The molecular weight excluding hydrogens is 294 g/mol. The fourth-order valence-corrected chi connectivity index (χ4v) is 2.61. The Balaban J connectivity index is 2.21. The molecule has 3 aromatic rings. The molecular formula is C22H15NO. The van der Waals surface area contributed by atoms with Gasteiger partial charge in [-0.25, -0.2) is 0 Å². The molecule has 3 aromatic carbocycles. The lowest BCUT2D eigenvalue weighted by molar-refractivity contribution is 0.370. The first kappa shape index (κ1) is 15.4. The summed E-state index contributed by atoms with van der Waals surface area (Å²) in [7, 11) is 0. The highest BCUT2D eigenvalue weighted by Crippen LogP contribution is 2.31. The zero-order valence-corrected chi connectivity index (χ0v) is 13.1. The lowest BCUT2D eigenvalue weighted by atomic mass is 9.98. The number of ether oxygens (including phenoxy) is 1. The van der Waals surface area contributed by atoms with Gasteiger partial charge in [-0.3, -0.25) is 0 Å². The van der Waals surface area contributed by atoms with Crippen molar-refractivity contribution in [1.29, 1.82) is 5.26 Å². The van der Waals surface area contributed by atoms with Crippen LogP contribution in [-0.2, 0) is 0 Å². The van der Waals surface area contributed by atoms with Gasteiger partial charge in [0.15, 0.2) is 0 Å². The summed E-state index contributed by atoms with van der Waals surface area (Å²) in [6.07, 6.45) is 7.18. The predicted octanol–water partition coefficient (Wildman–Crippen LogP) is 4.92. The smallest absolute Gasteiger partial charge is 0.148 e. The predicted molar refractivity (Wildman–Crippen MR) is 98.2 cm³/mol. The normalized spacial score (nSPS) is 10.8. The number of nitrogens with zero attached hydrogens (tertiary/aromatic N) is 1. The molecule has 0 saturated heterocycles. The van der Waals surface area contributed by atoms with Crippen molar-refractivity contribution in [2.24, 2.45) is 0 Å². The Bertz CT molecular complexity index is 972. The third kappa shape index (κ3) is 3.14. The Labute approximate surface area is 141 Å². The van der Waals surface area contributed by atoms with Gasteiger partial charge in [-0.1, -0.05) is 66.6 Å². The van der Waals surface area contributed by atoms with Gasteiger partial charge in [-0.2, -0.15) is 5.26 Å². The third-order valence-corrected chi connectivity index (χ3v) is 3.74. The minimum atomic E-state index is 0.187. The summed E-state index contributed by atoms with van der Waals surface area (Å²) in [4.78, 5) is 0. The van der Waals surface area contributed by atoms with Crippen LogP contribution in [0, 0.1) is 23.7 Å². The molecule has 0 unspecified atom stereocenters. The van der Waals surface area contributed by atoms with Gasteiger partial charge >= 0.3 is 0 Å². The van der Waals surface area contributed by atoms with Crippen LogP contribution in [0.4, 0.5) is 0 Å². The second kappa shape index (κ2) is 7.18. The number of allylic oxidation sites excluding steroid dienone is 1. The standard InChI is InChI=1S/C22H15NO/c1-2-14-24-22-13-12-18-10-6-7-11-20(18)21(22)15-19(16-23)17-8-4-3-5-9-17/h1,3-13,15H,14H2/b19-15+. The van der Waals surface area contributed by atoms with Crippen LogP contribution in [0.2, 0.25) is 0 Å². The van der Waals surface area contributed by atoms with E-state index in [9.17, 15) is 5.26 Å². The van der Waals surface area contributed by atoms with Gasteiger partial charge in [0.2, 0.25) is 0 Å². The van der Waals surface area contributed by atoms with E-state index in [2.05, 4.69) is 12.0 Å². The quantitative estimate of drug-likeness (QED) is 0.389. The van der Waals surface area contributed by atoms with Gasteiger partial charge < -0.3 is 4.74 Å². The number of fused-ring (bicyclic) bond motifs is 1. The molecule has 0 atom stereocenters. The summed E-state index contributed by atoms with van der Waals surface area (Å²) in [5.41, 5.74) is 2.32. The fourth-order valence-electron chi connectivity index (χ4n) is 2.61. The molecule has 3 rings (SSSR count). The maximum Gasteiger partial charge on any atom is 0.148 e. The molecule has 2 heteroatoms. The van der Waals surface area contributed by atoms with Crippen LogP contribution in [0.3, 0.4) is 0 Å². The second-order valence-corrected chi connectivity index (χ2v) is 5.23. The topological polar surface area (TPSA) is 33.0 Å². The van der Waals surface area contributed by atoms with Crippen LogP contribution in [0.25, 0.3) is 22.4 Å². The van der Waals surface area contributed by atoms with Crippen molar-refractivity contribution in [3.05, 3.63) is 77.9 Å². The first-order chi connectivity index (χ1) is 11.8. The van der Waals surface area contributed by atoms with Crippen molar-refractivity contribution < 1.29 is 4.74 Å². The van der Waals surface area contributed by atoms with Crippen LogP contribution < -0.4 is 4.74 Å². The zero-order chi connectivity index (χ0) is 16.8. The molecule has 0 spiro atoms. The molecule has 114 valence electrons. The van der Waals surface area contributed by atoms with Crippen LogP contribution in [0.15, 0.2) is 66.7 Å². The summed E-state index contributed by atoms with van der Waals surface area (Å²) in [5.74, 6) is 3.16. The maximum absolute atomic E-state index is 9.59. The molecule has 0 radical (unpaired) electrons. The lowest BCUT2D eigenvalue weighted by Crippen LogP contribution is -1.96. The van der Waals surface area contributed by atoms with E-state index in [0.717, 1.165) is 21.9 Å². The van der Waals surface area contributed by atoms with Crippen molar-refractivity contribution in [3.8, 4) is 24.2 Å². The van der Waals surface area contributed by atoms with Crippen LogP contribution in [0.5, 0.6) is 5.75 Å². The summed E-state index contributed by atoms with van der Waals surface area (Å²) in [6, 6.07) is 23.8. The monoisotopic (exact) mass is 309 g/mol. The maximum atomic E-state index is 9.59. The molecule has 24 heavy (non-hydrogen) atoms. The van der Waals surface area contributed by atoms with Gasteiger partial charge in [-0.05, 0) is 28.5 Å². The van der Waals surface area contributed by atoms with E-state index in [-0.39, 0.29) is 6.61 Å². The fraction of sp³-hybridized carbons (Fsp3) is 0.0455. The molecule has 0 amide bonds. The number of hydrogen-bond donors (Lipinski definition) is 0. The molecule has 0 heterocycles. The van der Waals surface area contributed by atoms with Crippen LogP contribution in [-0.4, -0.2) is 6.61 Å². The molecule has 0 aliphatic heterocycles. The number of nitriles is 1. The van der Waals surface area contributed by atoms with Crippen molar-refractivity contribution in [2.75, 3.05) is 6.61 Å². The summed E-state index contributed by atoms with van der Waals surface area (Å²) in [6.45, 7) is 0.187. The highest BCUT2D eigenvalue weighted by atomic mass is 16.5. The largest absolute Gasteiger partial charge is 0.480 e. The number of hydrogen-bond acceptors (Lipinski definition) is 2. The van der Waals surface area contributed by atoms with E-state index in [4.69, 9.17) is 11.2 Å². The van der Waals surface area contributed by atoms with Crippen molar-refractivity contribution >= 4 is 22.4 Å². The second-order valence-electron chi connectivity index (χ2n) is 5.23. The SMILES string of the molecule is C#CCOc1ccc2ccccc2c1/C=C(\C#N)c1ccccc1. The molecule has 0 aliphatic carbocycles. The Morgan fingerprint density at radius 3 is 2.50 bits per heavy atom. The van der Waals surface area contributed by atoms with Crippen molar-refractivity contribution in [2.45, 2.75) is 0 Å². The first-order valence-electron chi connectivity index (χ1n) is 7.58. The Hall–Kier alpha value is -3.49. The average molecular weight is 309 g/mol. The molecule has 0 fully saturated rings. The molecule has 0 saturated carbocycles. The van der Waals surface area contributed by atoms with Gasteiger partial charge in [0.1, 0.15) is 12.4 Å². The van der Waals surface area contributed by atoms with E-state index in [0.29, 0.717) is 11.3 Å². The molecule has 0 aliphatic rings. The highest BCUT2D eigenvalue weighted by Gasteiger charge is 2.09. The Kier molecular flexibility index (Phi) is 4.61. The van der Waals surface area contributed by atoms with E-state index in [1.165, 1.54) is 0 Å². The van der Waals surface area contributed by atoms with Crippen molar-refractivity contribution in [3.63, 3.8) is 0 Å². The first-order valence-corrected chi connectivity index (χ1v) is 7.58. The zero-order valence-electron chi connectivity index (χ0n) is 13.1. The van der Waals surface area contributed by atoms with E-state index < -0.39 is 0 Å². The Morgan fingerprint density at radius 1 is 1.00 bits per heavy atom. The minimum Gasteiger partial charge on any atom is -0.480 e. The van der Waals surface area contributed by atoms with E-state index >= 15 is 0 Å². The third-order valence-electron chi connectivity index (χ3n) is 3.74. The lowest BCUT2D eigenvalue weighted by Gasteiger charge is -2.11. The number of benzene rings is 3. The van der Waals surface area contributed by atoms with Gasteiger partial charge in [-0.15, -0.1) is 6.42 Å². The van der Waals surface area contributed by atoms with E-state index in [1.54, 1.807) is 0 Å². The van der Waals surface area contributed by atoms with Crippen molar-refractivity contribution in [1.82, 2.24) is 0 Å².